The minimum Gasteiger partial charge on any atom is -0.459 e. The van der Waals surface area contributed by atoms with Gasteiger partial charge in [-0.15, -0.1) is 0 Å². The third kappa shape index (κ3) is 32.8. The summed E-state index contributed by atoms with van der Waals surface area (Å²) in [6.45, 7) is 13.7. The van der Waals surface area contributed by atoms with Gasteiger partial charge in [-0.05, 0) is 89.9 Å². The zero-order valence-electron chi connectivity index (χ0n) is 39.3. The molecule has 56 heavy (non-hydrogen) atoms. The summed E-state index contributed by atoms with van der Waals surface area (Å²) in [7, 11) is 0. The predicted molar refractivity (Wildman–Crippen MR) is 246 cm³/mol. The van der Waals surface area contributed by atoms with Crippen LogP contribution in [-0.2, 0) is 19.1 Å². The molecule has 0 amide bonds. The summed E-state index contributed by atoms with van der Waals surface area (Å²) < 4.78 is 13.3. The Labute approximate surface area is 352 Å². The first kappa shape index (κ1) is 54.9. The average Bonchev–Trinajstić information content (AvgIpc) is 3.19. The van der Waals surface area contributed by atoms with Crippen LogP contribution in [0.25, 0.3) is 0 Å². The Kier molecular flexibility index (Phi) is 39.9. The van der Waals surface area contributed by atoms with Crippen molar-refractivity contribution in [1.29, 1.82) is 0 Å². The van der Waals surface area contributed by atoms with Crippen LogP contribution < -0.4 is 0 Å². The summed E-state index contributed by atoms with van der Waals surface area (Å²) in [6, 6.07) is 0. The van der Waals surface area contributed by atoms with E-state index in [4.69, 9.17) is 9.47 Å². The molecule has 0 bridgehead atoms. The van der Waals surface area contributed by atoms with Crippen LogP contribution in [0.2, 0.25) is 0 Å². The first-order chi connectivity index (χ1) is 27.4. The van der Waals surface area contributed by atoms with E-state index in [1.165, 1.54) is 167 Å². The Morgan fingerprint density at radius 1 is 0.268 bits per heavy atom. The quantitative estimate of drug-likeness (QED) is 0.0455. The molecule has 0 aliphatic heterocycles. The van der Waals surface area contributed by atoms with Crippen LogP contribution in [0.3, 0.4) is 0 Å². The van der Waals surface area contributed by atoms with E-state index in [2.05, 4.69) is 41.5 Å². The van der Waals surface area contributed by atoms with E-state index in [-0.39, 0.29) is 23.1 Å². The second kappa shape index (κ2) is 40.7. The van der Waals surface area contributed by atoms with Gasteiger partial charge in [-0.3, -0.25) is 9.59 Å². The summed E-state index contributed by atoms with van der Waals surface area (Å²) in [5, 5.41) is 0. The van der Waals surface area contributed by atoms with Gasteiger partial charge in [-0.2, -0.15) is 0 Å². The summed E-state index contributed by atoms with van der Waals surface area (Å²) >= 11 is 0. The van der Waals surface area contributed by atoms with Crippen LogP contribution >= 0.6 is 0 Å². The van der Waals surface area contributed by atoms with Crippen molar-refractivity contribution >= 4 is 11.9 Å². The number of carbonyl (C=O) groups excluding carboxylic acids is 2. The Morgan fingerprint density at radius 3 is 0.643 bits per heavy atom. The van der Waals surface area contributed by atoms with Gasteiger partial charge in [0.05, 0.1) is 0 Å². The molecule has 0 aromatic heterocycles. The van der Waals surface area contributed by atoms with E-state index in [0.717, 1.165) is 77.0 Å². The first-order valence-electron chi connectivity index (χ1n) is 25.8. The van der Waals surface area contributed by atoms with Crippen molar-refractivity contribution in [2.45, 2.75) is 322 Å². The highest BCUT2D eigenvalue weighted by Crippen LogP contribution is 2.35. The molecule has 0 aliphatic rings. The number of ether oxygens (including phenoxy) is 2. The third-order valence-electron chi connectivity index (χ3n) is 12.6. The van der Waals surface area contributed by atoms with E-state index in [1.54, 1.807) is 0 Å². The maximum Gasteiger partial charge on any atom is 0.306 e. The lowest BCUT2D eigenvalue weighted by Gasteiger charge is -2.35. The largest absolute Gasteiger partial charge is 0.459 e. The van der Waals surface area contributed by atoms with Gasteiger partial charge in [0, 0.05) is 12.8 Å². The maximum atomic E-state index is 13.6. The molecule has 0 rings (SSSR count). The van der Waals surface area contributed by atoms with Crippen LogP contribution in [-0.4, -0.2) is 23.1 Å². The van der Waals surface area contributed by atoms with Gasteiger partial charge >= 0.3 is 11.9 Å². The first-order valence-corrected chi connectivity index (χ1v) is 25.8. The highest BCUT2D eigenvalue weighted by atomic mass is 16.6. The van der Waals surface area contributed by atoms with E-state index in [9.17, 15) is 9.59 Å². The predicted octanol–water partition coefficient (Wildman–Crippen LogP) is 18.1. The van der Waals surface area contributed by atoms with E-state index in [0.29, 0.717) is 25.7 Å². The fourth-order valence-corrected chi connectivity index (χ4v) is 8.84. The molecule has 0 unspecified atom stereocenters. The van der Waals surface area contributed by atoms with Gasteiger partial charge in [0.25, 0.3) is 0 Å². The van der Waals surface area contributed by atoms with Crippen LogP contribution in [0.1, 0.15) is 311 Å². The van der Waals surface area contributed by atoms with Crippen molar-refractivity contribution in [3.8, 4) is 0 Å². The molecule has 0 N–H and O–H groups in total. The van der Waals surface area contributed by atoms with Gasteiger partial charge in [0.1, 0.15) is 11.2 Å². The third-order valence-corrected chi connectivity index (χ3v) is 12.6. The molecule has 0 radical (unpaired) electrons. The average molecular weight is 791 g/mol. The minimum atomic E-state index is -0.316. The summed E-state index contributed by atoms with van der Waals surface area (Å²) in [4.78, 5) is 27.3. The fourth-order valence-electron chi connectivity index (χ4n) is 8.84. The molecule has 0 aromatic rings. The number of esters is 2. The number of hydrogen-bond donors (Lipinski definition) is 0. The molecular formula is C52H102O4. The molecule has 0 fully saturated rings. The van der Waals surface area contributed by atoms with Crippen molar-refractivity contribution in [1.82, 2.24) is 0 Å². The van der Waals surface area contributed by atoms with E-state index >= 15 is 0 Å². The zero-order chi connectivity index (χ0) is 41.3. The Morgan fingerprint density at radius 2 is 0.446 bits per heavy atom. The second-order valence-electron chi connectivity index (χ2n) is 18.2. The van der Waals surface area contributed by atoms with Gasteiger partial charge in [-0.25, -0.2) is 0 Å². The molecule has 0 saturated carbocycles. The van der Waals surface area contributed by atoms with Crippen molar-refractivity contribution < 1.29 is 19.1 Å². The normalized spacial score (nSPS) is 12.0. The lowest BCUT2D eigenvalue weighted by Crippen LogP contribution is -2.36. The van der Waals surface area contributed by atoms with Crippen molar-refractivity contribution in [3.05, 3.63) is 0 Å². The molecule has 0 saturated heterocycles. The van der Waals surface area contributed by atoms with Crippen molar-refractivity contribution in [3.63, 3.8) is 0 Å². The summed E-state index contributed by atoms with van der Waals surface area (Å²) in [6.07, 6.45) is 48.3. The Balaban J connectivity index is 5.56. The van der Waals surface area contributed by atoms with Gasteiger partial charge in [-0.1, -0.05) is 208 Å². The number of rotatable bonds is 45. The van der Waals surface area contributed by atoms with Crippen LogP contribution in [0.4, 0.5) is 0 Å². The number of hydrogen-bond acceptors (Lipinski definition) is 4. The lowest BCUT2D eigenvalue weighted by molar-refractivity contribution is -0.165. The number of carbonyl (C=O) groups is 2. The minimum absolute atomic E-state index is 0.0388. The topological polar surface area (TPSA) is 52.6 Å². The summed E-state index contributed by atoms with van der Waals surface area (Å²) in [5.74, 6) is -0.0777. The number of unbranched alkanes of at least 4 members (excludes halogenated alkanes) is 27. The molecule has 0 heterocycles. The Bertz CT molecular complexity index is 741. The highest BCUT2D eigenvalue weighted by Gasteiger charge is 2.34. The molecule has 0 atom stereocenters. The molecule has 0 aromatic carbocycles. The standard InChI is InChI=1S/C52H102O4/c1-7-13-19-25-31-39-47-51(43-35-27-21-15-9-3,44-36-28-22-16-10-4)55-49(53)41-33-34-42-50(54)56-52(45-37-29-23-17-11-5,46-38-30-24-18-12-6)48-40-32-26-20-14-8-2/h7-48H2,1-6H3. The SMILES string of the molecule is CCCCCCCCC(CCCCCCC)(CCCCCCC)OC(=O)CCCCC(=O)OC(CCCCCCC)(CCCCCCC)CCCCCCCC. The second-order valence-corrected chi connectivity index (χ2v) is 18.2. The van der Waals surface area contributed by atoms with Gasteiger partial charge < -0.3 is 9.47 Å². The Hall–Kier alpha value is -1.06. The lowest BCUT2D eigenvalue weighted by atomic mass is 9.84. The van der Waals surface area contributed by atoms with Gasteiger partial charge in [0.15, 0.2) is 0 Å². The fraction of sp³-hybridized carbons (Fsp3) is 0.962. The molecule has 0 aliphatic carbocycles. The van der Waals surface area contributed by atoms with Gasteiger partial charge in [0.2, 0.25) is 0 Å². The molecule has 0 spiro atoms. The highest BCUT2D eigenvalue weighted by molar-refractivity contribution is 5.71. The van der Waals surface area contributed by atoms with Crippen molar-refractivity contribution in [2.75, 3.05) is 0 Å². The molecular weight excluding hydrogens is 689 g/mol. The van der Waals surface area contributed by atoms with Crippen LogP contribution in [0.15, 0.2) is 0 Å². The van der Waals surface area contributed by atoms with E-state index < -0.39 is 0 Å². The van der Waals surface area contributed by atoms with Crippen LogP contribution in [0, 0.1) is 0 Å². The monoisotopic (exact) mass is 791 g/mol. The smallest absolute Gasteiger partial charge is 0.306 e. The van der Waals surface area contributed by atoms with E-state index in [1.807, 2.05) is 0 Å². The van der Waals surface area contributed by atoms with Crippen LogP contribution in [0.5, 0.6) is 0 Å². The van der Waals surface area contributed by atoms with Crippen molar-refractivity contribution in [2.24, 2.45) is 0 Å². The molecule has 4 nitrogen and oxygen atoms in total. The zero-order valence-corrected chi connectivity index (χ0v) is 39.3. The molecule has 334 valence electrons. The maximum absolute atomic E-state index is 13.6. The summed E-state index contributed by atoms with van der Waals surface area (Å²) in [5.41, 5.74) is -0.632. The molecule has 4 heteroatoms.